The van der Waals surface area contributed by atoms with Crippen molar-refractivity contribution in [1.82, 2.24) is 5.32 Å². The molecule has 0 atom stereocenters. The summed E-state index contributed by atoms with van der Waals surface area (Å²) in [5.74, 6) is -0.910. The monoisotopic (exact) mass is 272 g/mol. The van der Waals surface area contributed by atoms with Gasteiger partial charge in [-0.15, -0.1) is 0 Å². The van der Waals surface area contributed by atoms with Crippen LogP contribution in [0.1, 0.15) is 19.4 Å². The average Bonchev–Trinajstić information content (AvgIpc) is 2.31. The first-order chi connectivity index (χ1) is 8.43. The Kier molecular flexibility index (Phi) is 5.58. The van der Waals surface area contributed by atoms with Crippen LogP contribution in [0, 0.1) is 0 Å². The maximum absolute atomic E-state index is 11.1. The standard InChI is InChI=1S/C12H20N2O3S/c1-10(2)13-8-7-11-3-5-12(6-4-11)14-18(16,17)9-15/h3-6,10,13-15H,7-9H2,1-2H3. The van der Waals surface area contributed by atoms with Crippen molar-refractivity contribution in [3.8, 4) is 0 Å². The van der Waals surface area contributed by atoms with Gasteiger partial charge in [-0.2, -0.15) is 0 Å². The summed E-state index contributed by atoms with van der Waals surface area (Å²) in [7, 11) is -3.62. The summed E-state index contributed by atoms with van der Waals surface area (Å²) >= 11 is 0. The number of aliphatic hydroxyl groups is 1. The molecule has 6 heteroatoms. The number of anilines is 1. The van der Waals surface area contributed by atoms with Gasteiger partial charge < -0.3 is 10.4 Å². The molecule has 102 valence electrons. The van der Waals surface area contributed by atoms with Gasteiger partial charge in [0, 0.05) is 11.7 Å². The lowest BCUT2D eigenvalue weighted by atomic mass is 10.1. The molecule has 0 aliphatic heterocycles. The smallest absolute Gasteiger partial charge is 0.256 e. The molecule has 0 unspecified atom stereocenters. The second-order valence-corrected chi connectivity index (χ2v) is 6.09. The predicted molar refractivity (Wildman–Crippen MR) is 72.9 cm³/mol. The van der Waals surface area contributed by atoms with Crippen LogP contribution in [0.4, 0.5) is 5.69 Å². The van der Waals surface area contributed by atoms with Gasteiger partial charge >= 0.3 is 0 Å². The van der Waals surface area contributed by atoms with Gasteiger partial charge in [0.25, 0.3) is 10.0 Å². The molecule has 0 radical (unpaired) electrons. The van der Waals surface area contributed by atoms with Crippen molar-refractivity contribution in [1.29, 1.82) is 0 Å². The molecule has 0 spiro atoms. The van der Waals surface area contributed by atoms with Crippen molar-refractivity contribution in [2.75, 3.05) is 17.2 Å². The number of hydrogen-bond acceptors (Lipinski definition) is 4. The molecule has 0 amide bonds. The normalized spacial score (nSPS) is 11.8. The van der Waals surface area contributed by atoms with E-state index in [1.54, 1.807) is 12.1 Å². The quantitative estimate of drug-likeness (QED) is 0.689. The number of sulfonamides is 1. The highest BCUT2D eigenvalue weighted by Gasteiger charge is 2.07. The molecule has 1 rings (SSSR count). The summed E-state index contributed by atoms with van der Waals surface area (Å²) in [6, 6.07) is 7.59. The Morgan fingerprint density at radius 3 is 2.33 bits per heavy atom. The lowest BCUT2D eigenvalue weighted by Crippen LogP contribution is -2.24. The van der Waals surface area contributed by atoms with E-state index in [1.165, 1.54) is 0 Å². The molecule has 18 heavy (non-hydrogen) atoms. The number of rotatable bonds is 7. The van der Waals surface area contributed by atoms with Crippen LogP contribution < -0.4 is 10.0 Å². The van der Waals surface area contributed by atoms with E-state index in [0.717, 1.165) is 18.5 Å². The van der Waals surface area contributed by atoms with Gasteiger partial charge in [0.15, 0.2) is 5.94 Å². The molecule has 1 aromatic rings. The SMILES string of the molecule is CC(C)NCCc1ccc(NS(=O)(=O)CO)cc1. The molecule has 0 fully saturated rings. The molecule has 1 aromatic carbocycles. The van der Waals surface area contributed by atoms with Gasteiger partial charge in [-0.25, -0.2) is 8.42 Å². The fourth-order valence-electron chi connectivity index (χ4n) is 1.46. The Balaban J connectivity index is 2.52. The first-order valence-corrected chi connectivity index (χ1v) is 7.52. The minimum Gasteiger partial charge on any atom is -0.378 e. The van der Waals surface area contributed by atoms with Gasteiger partial charge in [-0.05, 0) is 30.7 Å². The molecule has 3 N–H and O–H groups in total. The number of nitrogens with one attached hydrogen (secondary N) is 2. The van der Waals surface area contributed by atoms with E-state index in [4.69, 9.17) is 5.11 Å². The number of hydrogen-bond donors (Lipinski definition) is 3. The predicted octanol–water partition coefficient (Wildman–Crippen LogP) is 0.919. The number of aliphatic hydroxyl groups excluding tert-OH is 1. The molecule has 0 saturated heterocycles. The first-order valence-electron chi connectivity index (χ1n) is 5.86. The van der Waals surface area contributed by atoms with E-state index in [1.807, 2.05) is 12.1 Å². The molecule has 0 aliphatic carbocycles. The third-order valence-electron chi connectivity index (χ3n) is 2.36. The van der Waals surface area contributed by atoms with E-state index < -0.39 is 16.0 Å². The van der Waals surface area contributed by atoms with Gasteiger partial charge in [0.1, 0.15) is 0 Å². The van der Waals surface area contributed by atoms with Crippen molar-refractivity contribution in [2.24, 2.45) is 0 Å². The third kappa shape index (κ3) is 5.48. The van der Waals surface area contributed by atoms with Gasteiger partial charge in [-0.3, -0.25) is 4.72 Å². The highest BCUT2D eigenvalue weighted by Crippen LogP contribution is 2.11. The Bertz CT molecular complexity index is 455. The number of benzene rings is 1. The lowest BCUT2D eigenvalue weighted by molar-refractivity contribution is 0.360. The topological polar surface area (TPSA) is 78.4 Å². The minimum atomic E-state index is -3.62. The van der Waals surface area contributed by atoms with E-state index in [2.05, 4.69) is 23.9 Å². The van der Waals surface area contributed by atoms with Crippen LogP contribution in [-0.4, -0.2) is 32.0 Å². The largest absolute Gasteiger partial charge is 0.378 e. The molecule has 0 saturated carbocycles. The molecule has 0 heterocycles. The summed E-state index contributed by atoms with van der Waals surface area (Å²) in [5, 5.41) is 11.9. The third-order valence-corrected chi connectivity index (χ3v) is 3.25. The maximum Gasteiger partial charge on any atom is 0.256 e. The van der Waals surface area contributed by atoms with Crippen molar-refractivity contribution in [2.45, 2.75) is 26.3 Å². The fourth-order valence-corrected chi connectivity index (χ4v) is 2.02. The zero-order valence-electron chi connectivity index (χ0n) is 10.7. The molecular formula is C12H20N2O3S. The van der Waals surface area contributed by atoms with E-state index in [0.29, 0.717) is 11.7 Å². The summed E-state index contributed by atoms with van der Waals surface area (Å²) in [6.45, 7) is 5.07. The summed E-state index contributed by atoms with van der Waals surface area (Å²) < 4.78 is 24.5. The van der Waals surface area contributed by atoms with Crippen LogP contribution in [0.3, 0.4) is 0 Å². The van der Waals surface area contributed by atoms with Crippen LogP contribution in [-0.2, 0) is 16.4 Å². The summed E-state index contributed by atoms with van der Waals surface area (Å²) in [4.78, 5) is 0. The lowest BCUT2D eigenvalue weighted by Gasteiger charge is -2.09. The van der Waals surface area contributed by atoms with Gasteiger partial charge in [-0.1, -0.05) is 26.0 Å². The van der Waals surface area contributed by atoms with Gasteiger partial charge in [0.2, 0.25) is 0 Å². The van der Waals surface area contributed by atoms with Crippen LogP contribution in [0.2, 0.25) is 0 Å². The minimum absolute atomic E-state index is 0.459. The molecule has 0 bridgehead atoms. The Morgan fingerprint density at radius 2 is 1.83 bits per heavy atom. The van der Waals surface area contributed by atoms with Crippen molar-refractivity contribution in [3.63, 3.8) is 0 Å². The summed E-state index contributed by atoms with van der Waals surface area (Å²) in [6.07, 6.45) is 0.894. The fraction of sp³-hybridized carbons (Fsp3) is 0.500. The second kappa shape index (κ2) is 6.72. The van der Waals surface area contributed by atoms with Crippen LogP contribution in [0.15, 0.2) is 24.3 Å². The van der Waals surface area contributed by atoms with Crippen molar-refractivity contribution < 1.29 is 13.5 Å². The average molecular weight is 272 g/mol. The molecular weight excluding hydrogens is 252 g/mol. The summed E-state index contributed by atoms with van der Waals surface area (Å²) in [5.41, 5.74) is 1.60. The second-order valence-electron chi connectivity index (χ2n) is 4.40. The van der Waals surface area contributed by atoms with Crippen molar-refractivity contribution >= 4 is 15.7 Å². The Hall–Kier alpha value is -1.11. The molecule has 0 aromatic heterocycles. The zero-order valence-corrected chi connectivity index (χ0v) is 11.5. The Labute approximate surface area is 108 Å². The van der Waals surface area contributed by atoms with E-state index in [9.17, 15) is 8.42 Å². The molecule has 0 aliphatic rings. The molecule has 5 nitrogen and oxygen atoms in total. The van der Waals surface area contributed by atoms with E-state index >= 15 is 0 Å². The highest BCUT2D eigenvalue weighted by atomic mass is 32.2. The zero-order chi connectivity index (χ0) is 13.6. The van der Waals surface area contributed by atoms with Crippen LogP contribution >= 0.6 is 0 Å². The van der Waals surface area contributed by atoms with E-state index in [-0.39, 0.29) is 0 Å². The van der Waals surface area contributed by atoms with Crippen LogP contribution in [0.5, 0.6) is 0 Å². The maximum atomic E-state index is 11.1. The Morgan fingerprint density at radius 1 is 1.22 bits per heavy atom. The van der Waals surface area contributed by atoms with Gasteiger partial charge in [0.05, 0.1) is 0 Å². The first kappa shape index (κ1) is 14.9. The highest BCUT2D eigenvalue weighted by molar-refractivity contribution is 7.92. The van der Waals surface area contributed by atoms with Crippen molar-refractivity contribution in [3.05, 3.63) is 29.8 Å². The van der Waals surface area contributed by atoms with Crippen LogP contribution in [0.25, 0.3) is 0 Å².